The molecule has 0 saturated carbocycles. The number of rotatable bonds is 17. The van der Waals surface area contributed by atoms with Crippen molar-refractivity contribution in [3.05, 3.63) is 5.69 Å². The largest absolute Gasteiger partial charge is 0.378 e. The fourth-order valence-electron chi connectivity index (χ4n) is 2.84. The molecule has 1 saturated heterocycles. The lowest BCUT2D eigenvalue weighted by atomic mass is 10.0. The van der Waals surface area contributed by atoms with Gasteiger partial charge in [-0.15, -0.1) is 5.10 Å². The molecule has 1 aromatic rings. The molecule has 0 amide bonds. The summed E-state index contributed by atoms with van der Waals surface area (Å²) in [4.78, 5) is 2.03. The lowest BCUT2D eigenvalue weighted by Crippen LogP contribution is -2.40. The van der Waals surface area contributed by atoms with Crippen molar-refractivity contribution in [2.24, 2.45) is 0 Å². The van der Waals surface area contributed by atoms with Crippen LogP contribution < -0.4 is 10.9 Å². The summed E-state index contributed by atoms with van der Waals surface area (Å²) in [5.74, 6) is 0.350. The van der Waals surface area contributed by atoms with Gasteiger partial charge in [-0.25, -0.2) is 8.42 Å². The molecule has 1 N–H and O–H groups in total. The molecular weight excluding hydrogens is 425 g/mol. The van der Waals surface area contributed by atoms with E-state index in [0.29, 0.717) is 90.3 Å². The Morgan fingerprint density at radius 2 is 1.48 bits per heavy atom. The molecule has 13 heteroatoms. The number of hydrogen-bond donors (Lipinski definition) is 1. The first-order valence-electron chi connectivity index (χ1n) is 10.6. The topological polar surface area (TPSA) is 117 Å². The third-order valence-corrected chi connectivity index (χ3v) is 6.33. The Balaban J connectivity index is 1.46. The van der Waals surface area contributed by atoms with E-state index in [2.05, 4.69) is 15.6 Å². The Bertz CT molecular complexity index is 706. The maximum Gasteiger partial charge on any atom is 0.152 e. The summed E-state index contributed by atoms with van der Waals surface area (Å²) in [5.41, 5.74) is 1.15. The third-order valence-electron chi connectivity index (χ3n) is 4.72. The van der Waals surface area contributed by atoms with E-state index in [9.17, 15) is 8.42 Å². The van der Waals surface area contributed by atoms with Crippen molar-refractivity contribution < 1.29 is 27.4 Å². The van der Waals surface area contributed by atoms with Gasteiger partial charge in [-0.2, -0.15) is 0 Å². The Kier molecular flexibility index (Phi) is 12.6. The van der Waals surface area contributed by atoms with E-state index in [-0.39, 0.29) is 11.5 Å². The molecule has 31 heavy (non-hydrogen) atoms. The van der Waals surface area contributed by atoms with Crippen molar-refractivity contribution >= 4 is 23.3 Å². The highest BCUT2D eigenvalue weighted by atomic mass is 32.2. The van der Waals surface area contributed by atoms with Crippen molar-refractivity contribution in [3.8, 4) is 0 Å². The fraction of sp³-hybridized carbons (Fsp3) is 0.889. The Labute approximate surface area is 186 Å². The van der Waals surface area contributed by atoms with Crippen molar-refractivity contribution in [2.75, 3.05) is 91.0 Å². The zero-order valence-corrected chi connectivity index (χ0v) is 19.1. The summed E-state index contributed by atoms with van der Waals surface area (Å²) in [6.45, 7) is 7.06. The second-order valence-corrected chi connectivity index (χ2v) is 9.43. The van der Waals surface area contributed by atoms with Crippen LogP contribution in [0, 0.1) is 0 Å². The molecule has 0 aromatic carbocycles. The normalized spacial score (nSPS) is 16.7. The van der Waals surface area contributed by atoms with E-state index < -0.39 is 9.84 Å². The molecule has 1 aromatic heterocycles. The summed E-state index contributed by atoms with van der Waals surface area (Å²) in [5, 5.41) is 11.2. The van der Waals surface area contributed by atoms with Crippen LogP contribution in [0.1, 0.15) is 5.69 Å². The summed E-state index contributed by atoms with van der Waals surface area (Å²) in [6.07, 6.45) is 0. The van der Waals surface area contributed by atoms with Crippen LogP contribution in [0.2, 0.25) is 0 Å². The smallest absolute Gasteiger partial charge is 0.152 e. The number of nitrogens with one attached hydrogen (secondary N) is 1. The van der Waals surface area contributed by atoms with Crippen LogP contribution in [0.3, 0.4) is 0 Å². The van der Waals surface area contributed by atoms with Crippen molar-refractivity contribution in [3.63, 3.8) is 0 Å². The second kappa shape index (κ2) is 14.9. The highest BCUT2D eigenvalue weighted by Crippen LogP contribution is 2.06. The van der Waals surface area contributed by atoms with Crippen LogP contribution in [-0.2, 0) is 41.9 Å². The standard InChI is InChI=1S/C18H34BN5O6S/c1-20-2-6-27-8-10-29-12-13-30-11-9-28-7-3-24-18(19)17(21-22-24)16-23-4-14-31(25,26)15-5-23/h20H,2-16H2,1H3. The second-order valence-electron chi connectivity index (χ2n) is 7.13. The Hall–Kier alpha value is -1.09. The molecule has 1 aliphatic heterocycles. The lowest BCUT2D eigenvalue weighted by molar-refractivity contribution is -0.00228. The molecule has 0 aliphatic carbocycles. The number of likely N-dealkylation sites (N-methyl/N-ethyl adjacent to an activating group) is 1. The minimum Gasteiger partial charge on any atom is -0.378 e. The van der Waals surface area contributed by atoms with Crippen molar-refractivity contribution in [1.82, 2.24) is 25.2 Å². The van der Waals surface area contributed by atoms with E-state index in [1.165, 1.54) is 0 Å². The Morgan fingerprint density at radius 1 is 0.935 bits per heavy atom. The van der Waals surface area contributed by atoms with Gasteiger partial charge < -0.3 is 24.3 Å². The maximum absolute atomic E-state index is 11.5. The van der Waals surface area contributed by atoms with Gasteiger partial charge in [0.1, 0.15) is 7.85 Å². The molecule has 176 valence electrons. The molecule has 1 fully saturated rings. The molecule has 0 spiro atoms. The molecule has 1 aliphatic rings. The molecule has 0 unspecified atom stereocenters. The maximum atomic E-state index is 11.5. The minimum absolute atomic E-state index is 0.175. The number of aromatic nitrogens is 3. The summed E-state index contributed by atoms with van der Waals surface area (Å²) in [7, 11) is 5.10. The summed E-state index contributed by atoms with van der Waals surface area (Å²) in [6, 6.07) is 0. The number of ether oxygens (including phenoxy) is 4. The predicted molar refractivity (Wildman–Crippen MR) is 117 cm³/mol. The van der Waals surface area contributed by atoms with Crippen LogP contribution in [0.15, 0.2) is 0 Å². The highest BCUT2D eigenvalue weighted by molar-refractivity contribution is 7.91. The number of hydrogen-bond acceptors (Lipinski definition) is 10. The SMILES string of the molecule is [B]c1c(CN2CCS(=O)(=O)CC2)nnn1CCOCCOCCOCCOCCNC. The average molecular weight is 459 g/mol. The zero-order valence-electron chi connectivity index (χ0n) is 18.3. The van der Waals surface area contributed by atoms with Crippen LogP contribution in [0.4, 0.5) is 0 Å². The van der Waals surface area contributed by atoms with E-state index in [0.717, 1.165) is 6.54 Å². The lowest BCUT2D eigenvalue weighted by Gasteiger charge is -2.25. The molecule has 2 radical (unpaired) electrons. The van der Waals surface area contributed by atoms with Crippen LogP contribution in [0.25, 0.3) is 0 Å². The molecule has 0 atom stereocenters. The van der Waals surface area contributed by atoms with E-state index in [4.69, 9.17) is 26.8 Å². The monoisotopic (exact) mass is 459 g/mol. The van der Waals surface area contributed by atoms with Gasteiger partial charge in [-0.1, -0.05) is 5.21 Å². The molecular formula is C18H34BN5O6S. The highest BCUT2D eigenvalue weighted by Gasteiger charge is 2.22. The minimum atomic E-state index is -2.90. The van der Waals surface area contributed by atoms with Crippen molar-refractivity contribution in [1.29, 1.82) is 0 Å². The van der Waals surface area contributed by atoms with Gasteiger partial charge in [0.15, 0.2) is 9.84 Å². The molecule has 2 rings (SSSR count). The number of nitrogens with zero attached hydrogens (tertiary/aromatic N) is 4. The summed E-state index contributed by atoms with van der Waals surface area (Å²) < 4.78 is 46.4. The van der Waals surface area contributed by atoms with E-state index in [1.54, 1.807) is 4.68 Å². The molecule has 2 heterocycles. The van der Waals surface area contributed by atoms with Gasteiger partial charge >= 0.3 is 0 Å². The van der Waals surface area contributed by atoms with E-state index in [1.807, 2.05) is 11.9 Å². The van der Waals surface area contributed by atoms with Crippen LogP contribution >= 0.6 is 0 Å². The predicted octanol–water partition coefficient (Wildman–Crippen LogP) is -2.41. The number of sulfone groups is 1. The first kappa shape index (κ1) is 26.2. The Morgan fingerprint density at radius 3 is 2.06 bits per heavy atom. The third kappa shape index (κ3) is 10.9. The average Bonchev–Trinajstić information content (AvgIpc) is 3.09. The fourth-order valence-corrected chi connectivity index (χ4v) is 4.12. The molecule has 0 bridgehead atoms. The van der Waals surface area contributed by atoms with Gasteiger partial charge in [-0.05, 0) is 7.05 Å². The van der Waals surface area contributed by atoms with Crippen LogP contribution in [0.5, 0.6) is 0 Å². The first-order chi connectivity index (χ1) is 15.0. The summed E-state index contributed by atoms with van der Waals surface area (Å²) >= 11 is 0. The van der Waals surface area contributed by atoms with Gasteiger partial charge in [0.05, 0.1) is 76.6 Å². The quantitative estimate of drug-likeness (QED) is 0.199. The first-order valence-corrected chi connectivity index (χ1v) is 12.4. The van der Waals surface area contributed by atoms with Gasteiger partial charge in [-0.3, -0.25) is 9.58 Å². The van der Waals surface area contributed by atoms with E-state index >= 15 is 0 Å². The zero-order chi connectivity index (χ0) is 22.4. The van der Waals surface area contributed by atoms with Gasteiger partial charge in [0.2, 0.25) is 0 Å². The van der Waals surface area contributed by atoms with Gasteiger partial charge in [0.25, 0.3) is 0 Å². The molecule has 11 nitrogen and oxygen atoms in total. The van der Waals surface area contributed by atoms with Crippen molar-refractivity contribution in [2.45, 2.75) is 13.1 Å². The van der Waals surface area contributed by atoms with Crippen LogP contribution in [-0.4, -0.2) is 127 Å². The van der Waals surface area contributed by atoms with Gasteiger partial charge in [0, 0.05) is 31.8 Å².